The number of benzene rings is 2. The first-order valence-electron chi connectivity index (χ1n) is 12.1. The molecular formula is C27H34ClN3O3. The lowest BCUT2D eigenvalue weighted by atomic mass is 9.95. The molecule has 0 saturated carbocycles. The summed E-state index contributed by atoms with van der Waals surface area (Å²) in [5.41, 5.74) is 3.98. The van der Waals surface area contributed by atoms with Gasteiger partial charge in [0.15, 0.2) is 0 Å². The second-order valence-corrected chi connectivity index (χ2v) is 9.86. The highest BCUT2D eigenvalue weighted by Gasteiger charge is 2.30. The van der Waals surface area contributed by atoms with Crippen molar-refractivity contribution in [3.63, 3.8) is 0 Å². The van der Waals surface area contributed by atoms with E-state index in [2.05, 4.69) is 16.3 Å². The maximum atomic E-state index is 13.2. The monoisotopic (exact) mass is 483 g/mol. The predicted octanol–water partition coefficient (Wildman–Crippen LogP) is 4.00. The fourth-order valence-corrected chi connectivity index (χ4v) is 5.16. The Bertz CT molecular complexity index is 984. The van der Waals surface area contributed by atoms with Gasteiger partial charge in [-0.15, -0.1) is 0 Å². The zero-order valence-corrected chi connectivity index (χ0v) is 20.8. The standard InChI is InChI=1S/C27H34ClN3O3/c1-19-14-20(2)16-23(15-19)27(33)31-9-3-4-22(18-31)26(32)29-17-25(30-10-12-34-13-11-30)21-5-7-24(28)8-6-21/h5-8,14-16,22,25H,3-4,9-13,17-18H2,1-2H3,(H,29,32). The van der Waals surface area contributed by atoms with E-state index in [1.54, 1.807) is 0 Å². The van der Waals surface area contributed by atoms with Crippen molar-refractivity contribution in [2.45, 2.75) is 32.7 Å². The number of aryl methyl sites for hydroxylation is 2. The van der Waals surface area contributed by atoms with Crippen LogP contribution < -0.4 is 5.32 Å². The number of piperidine rings is 1. The van der Waals surface area contributed by atoms with Crippen LogP contribution in [0.4, 0.5) is 0 Å². The first-order valence-corrected chi connectivity index (χ1v) is 12.5. The van der Waals surface area contributed by atoms with Crippen LogP contribution in [0.2, 0.25) is 5.02 Å². The molecule has 6 nitrogen and oxygen atoms in total. The van der Waals surface area contributed by atoms with E-state index < -0.39 is 0 Å². The second kappa shape index (κ2) is 11.3. The Morgan fingerprint density at radius 1 is 1.06 bits per heavy atom. The van der Waals surface area contributed by atoms with Gasteiger partial charge in [-0.25, -0.2) is 0 Å². The second-order valence-electron chi connectivity index (χ2n) is 9.43. The molecule has 2 atom stereocenters. The summed E-state index contributed by atoms with van der Waals surface area (Å²) in [6.07, 6.45) is 1.63. The van der Waals surface area contributed by atoms with Gasteiger partial charge in [0.25, 0.3) is 5.91 Å². The molecule has 2 amide bonds. The molecule has 0 aromatic heterocycles. The van der Waals surface area contributed by atoms with Gasteiger partial charge in [0.2, 0.25) is 5.91 Å². The SMILES string of the molecule is Cc1cc(C)cc(C(=O)N2CCCC(C(=O)NCC(c3ccc(Cl)cc3)N3CCOCC3)C2)c1. The molecule has 2 aliphatic heterocycles. The number of amides is 2. The van der Waals surface area contributed by atoms with Gasteiger partial charge in [0, 0.05) is 43.3 Å². The normalized spacial score (nSPS) is 20.1. The number of ether oxygens (including phenoxy) is 1. The molecule has 2 unspecified atom stereocenters. The van der Waals surface area contributed by atoms with Crippen LogP contribution in [-0.2, 0) is 9.53 Å². The average molecular weight is 484 g/mol. The molecule has 2 aliphatic rings. The molecule has 0 spiro atoms. The third kappa shape index (κ3) is 6.17. The lowest BCUT2D eigenvalue weighted by Crippen LogP contribution is -2.48. The summed E-state index contributed by atoms with van der Waals surface area (Å²) in [4.78, 5) is 30.5. The van der Waals surface area contributed by atoms with Crippen LogP contribution in [0.25, 0.3) is 0 Å². The highest BCUT2D eigenvalue weighted by Crippen LogP contribution is 2.24. The van der Waals surface area contributed by atoms with Crippen LogP contribution >= 0.6 is 11.6 Å². The molecule has 0 bridgehead atoms. The number of nitrogens with one attached hydrogen (secondary N) is 1. The van der Waals surface area contributed by atoms with Crippen molar-refractivity contribution in [3.8, 4) is 0 Å². The van der Waals surface area contributed by atoms with Crippen molar-refractivity contribution in [3.05, 3.63) is 69.7 Å². The molecule has 2 aromatic carbocycles. The summed E-state index contributed by atoms with van der Waals surface area (Å²) in [5.74, 6) is -0.166. The predicted molar refractivity (Wildman–Crippen MR) is 134 cm³/mol. The average Bonchev–Trinajstić information content (AvgIpc) is 2.85. The van der Waals surface area contributed by atoms with Crippen LogP contribution in [-0.4, -0.2) is 67.6 Å². The number of hydrogen-bond acceptors (Lipinski definition) is 4. The summed E-state index contributed by atoms with van der Waals surface area (Å²) in [5, 5.41) is 3.89. The van der Waals surface area contributed by atoms with Gasteiger partial charge in [-0.1, -0.05) is 40.9 Å². The molecule has 0 radical (unpaired) electrons. The molecule has 34 heavy (non-hydrogen) atoms. The topological polar surface area (TPSA) is 61.9 Å². The number of morpholine rings is 1. The van der Waals surface area contributed by atoms with E-state index in [1.165, 1.54) is 0 Å². The van der Waals surface area contributed by atoms with Gasteiger partial charge in [0.05, 0.1) is 25.2 Å². The minimum Gasteiger partial charge on any atom is -0.379 e. The molecule has 2 aromatic rings. The van der Waals surface area contributed by atoms with E-state index in [-0.39, 0.29) is 23.8 Å². The van der Waals surface area contributed by atoms with Crippen molar-refractivity contribution in [1.82, 2.24) is 15.1 Å². The Labute approximate surface area is 207 Å². The minimum absolute atomic E-state index is 0.0108. The van der Waals surface area contributed by atoms with Crippen molar-refractivity contribution in [1.29, 1.82) is 0 Å². The molecule has 2 heterocycles. The third-order valence-electron chi connectivity index (χ3n) is 6.76. The Kier molecular flexibility index (Phi) is 8.24. The molecule has 182 valence electrons. The van der Waals surface area contributed by atoms with Gasteiger partial charge in [-0.3, -0.25) is 14.5 Å². The molecule has 2 saturated heterocycles. The number of likely N-dealkylation sites (tertiary alicyclic amines) is 1. The fraction of sp³-hybridized carbons (Fsp3) is 0.481. The number of hydrogen-bond donors (Lipinski definition) is 1. The van der Waals surface area contributed by atoms with Gasteiger partial charge in [-0.05, 0) is 56.5 Å². The molecule has 2 fully saturated rings. The lowest BCUT2D eigenvalue weighted by Gasteiger charge is -2.36. The van der Waals surface area contributed by atoms with Crippen LogP contribution in [0.3, 0.4) is 0 Å². The number of halogens is 1. The fourth-order valence-electron chi connectivity index (χ4n) is 5.03. The molecule has 4 rings (SSSR count). The molecule has 7 heteroatoms. The number of carbonyl (C=O) groups is 2. The number of nitrogens with zero attached hydrogens (tertiary/aromatic N) is 2. The quantitative estimate of drug-likeness (QED) is 0.674. The van der Waals surface area contributed by atoms with Crippen LogP contribution in [0.1, 0.15) is 45.9 Å². The van der Waals surface area contributed by atoms with Gasteiger partial charge < -0.3 is 15.0 Å². The van der Waals surface area contributed by atoms with Crippen molar-refractivity contribution < 1.29 is 14.3 Å². The van der Waals surface area contributed by atoms with Gasteiger partial charge in [0.1, 0.15) is 0 Å². The lowest BCUT2D eigenvalue weighted by molar-refractivity contribution is -0.126. The Hall–Kier alpha value is -2.41. The van der Waals surface area contributed by atoms with E-state index in [4.69, 9.17) is 16.3 Å². The molecule has 1 N–H and O–H groups in total. The summed E-state index contributed by atoms with van der Waals surface area (Å²) in [6.45, 7) is 8.70. The zero-order valence-electron chi connectivity index (χ0n) is 20.1. The maximum absolute atomic E-state index is 13.2. The Balaban J connectivity index is 1.40. The summed E-state index contributed by atoms with van der Waals surface area (Å²) in [7, 11) is 0. The van der Waals surface area contributed by atoms with Crippen LogP contribution in [0.5, 0.6) is 0 Å². The smallest absolute Gasteiger partial charge is 0.253 e. The Morgan fingerprint density at radius 2 is 1.74 bits per heavy atom. The van der Waals surface area contributed by atoms with E-state index in [1.807, 2.05) is 55.1 Å². The highest BCUT2D eigenvalue weighted by molar-refractivity contribution is 6.30. The summed E-state index contributed by atoms with van der Waals surface area (Å²) in [6, 6.07) is 13.8. The third-order valence-corrected chi connectivity index (χ3v) is 7.01. The first kappa shape index (κ1) is 24.7. The highest BCUT2D eigenvalue weighted by atomic mass is 35.5. The molecular weight excluding hydrogens is 450 g/mol. The molecule has 0 aliphatic carbocycles. The summed E-state index contributed by atoms with van der Waals surface area (Å²) < 4.78 is 5.52. The van der Waals surface area contributed by atoms with E-state index >= 15 is 0 Å². The van der Waals surface area contributed by atoms with E-state index in [0.717, 1.165) is 42.6 Å². The number of carbonyl (C=O) groups excluding carboxylic acids is 2. The Morgan fingerprint density at radius 3 is 2.41 bits per heavy atom. The van der Waals surface area contributed by atoms with Crippen molar-refractivity contribution in [2.75, 3.05) is 45.9 Å². The zero-order chi connectivity index (χ0) is 24.1. The summed E-state index contributed by atoms with van der Waals surface area (Å²) >= 11 is 6.10. The first-order chi connectivity index (χ1) is 16.4. The van der Waals surface area contributed by atoms with Crippen molar-refractivity contribution >= 4 is 23.4 Å². The number of rotatable bonds is 6. The van der Waals surface area contributed by atoms with Crippen molar-refractivity contribution in [2.24, 2.45) is 5.92 Å². The van der Waals surface area contributed by atoms with Crippen LogP contribution in [0.15, 0.2) is 42.5 Å². The largest absolute Gasteiger partial charge is 0.379 e. The van der Waals surface area contributed by atoms with Gasteiger partial charge >= 0.3 is 0 Å². The van der Waals surface area contributed by atoms with Gasteiger partial charge in [-0.2, -0.15) is 0 Å². The van der Waals surface area contributed by atoms with E-state index in [9.17, 15) is 9.59 Å². The minimum atomic E-state index is -0.195. The van der Waals surface area contributed by atoms with E-state index in [0.29, 0.717) is 43.4 Å². The maximum Gasteiger partial charge on any atom is 0.253 e. The van der Waals surface area contributed by atoms with Crippen LogP contribution in [0, 0.1) is 19.8 Å².